The molecular formula is C13H11F3N2O2. The van der Waals surface area contributed by atoms with Gasteiger partial charge in [-0.2, -0.15) is 18.2 Å². The van der Waals surface area contributed by atoms with E-state index in [1.807, 2.05) is 0 Å². The van der Waals surface area contributed by atoms with Crippen LogP contribution in [0.1, 0.15) is 24.5 Å². The van der Waals surface area contributed by atoms with Crippen LogP contribution in [0.5, 0.6) is 0 Å². The largest absolute Gasteiger partial charge is 0.471 e. The molecule has 4 nitrogen and oxygen atoms in total. The minimum absolute atomic E-state index is 0.159. The molecular weight excluding hydrogens is 273 g/mol. The third-order valence-electron chi connectivity index (χ3n) is 2.62. The monoisotopic (exact) mass is 284 g/mol. The van der Waals surface area contributed by atoms with E-state index in [2.05, 4.69) is 21.2 Å². The number of nitrogens with zero attached hydrogens (tertiary/aromatic N) is 2. The molecule has 2 aromatic rings. The third kappa shape index (κ3) is 2.88. The standard InChI is InChI=1S/C13H11F3N2O2/c1-7(2)10(19)8-3-5-9(6-4-8)11-17-12(20-18-11)13(14,15)16/h3-6,10,19H,1H2,2H3. The normalized spacial score (nSPS) is 13.2. The summed E-state index contributed by atoms with van der Waals surface area (Å²) in [6, 6.07) is 6.15. The van der Waals surface area contributed by atoms with Crippen LogP contribution < -0.4 is 0 Å². The molecule has 1 atom stereocenters. The van der Waals surface area contributed by atoms with Gasteiger partial charge >= 0.3 is 12.1 Å². The summed E-state index contributed by atoms with van der Waals surface area (Å²) in [5.74, 6) is -1.55. The van der Waals surface area contributed by atoms with Crippen molar-refractivity contribution in [3.8, 4) is 11.4 Å². The Morgan fingerprint density at radius 1 is 1.30 bits per heavy atom. The molecule has 1 heterocycles. The van der Waals surface area contributed by atoms with E-state index in [-0.39, 0.29) is 5.82 Å². The lowest BCUT2D eigenvalue weighted by Gasteiger charge is -2.10. The summed E-state index contributed by atoms with van der Waals surface area (Å²) >= 11 is 0. The van der Waals surface area contributed by atoms with Crippen molar-refractivity contribution in [1.82, 2.24) is 10.1 Å². The SMILES string of the molecule is C=C(C)C(O)c1ccc(-c2noc(C(F)(F)F)n2)cc1. The molecule has 0 bridgehead atoms. The molecule has 2 rings (SSSR count). The van der Waals surface area contributed by atoms with Crippen molar-refractivity contribution in [2.75, 3.05) is 0 Å². The van der Waals surface area contributed by atoms with E-state index in [9.17, 15) is 18.3 Å². The lowest BCUT2D eigenvalue weighted by atomic mass is 10.0. The first-order valence-electron chi connectivity index (χ1n) is 5.63. The second-order valence-corrected chi connectivity index (χ2v) is 4.29. The van der Waals surface area contributed by atoms with Gasteiger partial charge in [0.25, 0.3) is 0 Å². The zero-order valence-electron chi connectivity index (χ0n) is 10.5. The zero-order chi connectivity index (χ0) is 14.9. The Kier molecular flexibility index (Phi) is 3.63. The summed E-state index contributed by atoms with van der Waals surface area (Å²) in [7, 11) is 0. The maximum atomic E-state index is 12.3. The van der Waals surface area contributed by atoms with E-state index in [1.165, 1.54) is 12.1 Å². The van der Waals surface area contributed by atoms with Gasteiger partial charge in [0.2, 0.25) is 5.82 Å². The van der Waals surface area contributed by atoms with Crippen LogP contribution in [0.3, 0.4) is 0 Å². The number of halogens is 3. The molecule has 0 spiro atoms. The highest BCUT2D eigenvalue weighted by Crippen LogP contribution is 2.30. The minimum Gasteiger partial charge on any atom is -0.384 e. The van der Waals surface area contributed by atoms with Crippen LogP contribution >= 0.6 is 0 Å². The maximum Gasteiger partial charge on any atom is 0.471 e. The average molecular weight is 284 g/mol. The number of aliphatic hydroxyl groups is 1. The van der Waals surface area contributed by atoms with Crippen LogP contribution in [-0.4, -0.2) is 15.2 Å². The van der Waals surface area contributed by atoms with Gasteiger partial charge in [0.05, 0.1) is 6.10 Å². The van der Waals surface area contributed by atoms with Crippen molar-refractivity contribution in [3.63, 3.8) is 0 Å². The average Bonchev–Trinajstić information content (AvgIpc) is 2.87. The van der Waals surface area contributed by atoms with Gasteiger partial charge in [-0.1, -0.05) is 36.0 Å². The molecule has 0 amide bonds. The van der Waals surface area contributed by atoms with Gasteiger partial charge in [-0.15, -0.1) is 0 Å². The van der Waals surface area contributed by atoms with Crippen LogP contribution in [0.15, 0.2) is 40.9 Å². The van der Waals surface area contributed by atoms with Crippen molar-refractivity contribution >= 4 is 0 Å². The highest BCUT2D eigenvalue weighted by molar-refractivity contribution is 5.55. The van der Waals surface area contributed by atoms with Crippen molar-refractivity contribution < 1.29 is 22.8 Å². The zero-order valence-corrected chi connectivity index (χ0v) is 10.5. The first-order chi connectivity index (χ1) is 9.29. The molecule has 20 heavy (non-hydrogen) atoms. The minimum atomic E-state index is -4.67. The van der Waals surface area contributed by atoms with Gasteiger partial charge in [-0.05, 0) is 18.1 Å². The van der Waals surface area contributed by atoms with Gasteiger partial charge in [0.1, 0.15) is 0 Å². The second kappa shape index (κ2) is 5.09. The number of rotatable bonds is 3. The number of benzene rings is 1. The van der Waals surface area contributed by atoms with E-state index in [1.54, 1.807) is 19.1 Å². The van der Waals surface area contributed by atoms with E-state index < -0.39 is 18.2 Å². The van der Waals surface area contributed by atoms with E-state index >= 15 is 0 Å². The quantitative estimate of drug-likeness (QED) is 0.878. The third-order valence-corrected chi connectivity index (χ3v) is 2.62. The number of aromatic nitrogens is 2. The maximum absolute atomic E-state index is 12.3. The summed E-state index contributed by atoms with van der Waals surface area (Å²) in [6.45, 7) is 5.30. The highest BCUT2D eigenvalue weighted by atomic mass is 19.4. The second-order valence-electron chi connectivity index (χ2n) is 4.29. The van der Waals surface area contributed by atoms with Gasteiger partial charge in [-0.3, -0.25) is 0 Å². The topological polar surface area (TPSA) is 59.2 Å². The Balaban J connectivity index is 2.26. The fourth-order valence-electron chi connectivity index (χ4n) is 1.55. The Bertz CT molecular complexity index is 617. The Morgan fingerprint density at radius 3 is 2.35 bits per heavy atom. The van der Waals surface area contributed by atoms with E-state index in [0.717, 1.165) is 0 Å². The molecule has 7 heteroatoms. The molecule has 1 unspecified atom stereocenters. The molecule has 1 aromatic carbocycles. The molecule has 0 aliphatic rings. The predicted octanol–water partition coefficient (Wildman–Crippen LogP) is 3.36. The molecule has 1 N–H and O–H groups in total. The van der Waals surface area contributed by atoms with Crippen LogP contribution in [0, 0.1) is 0 Å². The van der Waals surface area contributed by atoms with Crippen LogP contribution in [-0.2, 0) is 6.18 Å². The van der Waals surface area contributed by atoms with Crippen molar-refractivity contribution in [2.45, 2.75) is 19.2 Å². The molecule has 0 saturated heterocycles. The summed E-state index contributed by atoms with van der Waals surface area (Å²) in [4.78, 5) is 3.28. The summed E-state index contributed by atoms with van der Waals surface area (Å²) in [6.07, 6.45) is -5.48. The van der Waals surface area contributed by atoms with Crippen LogP contribution in [0.4, 0.5) is 13.2 Å². The molecule has 0 fully saturated rings. The van der Waals surface area contributed by atoms with Crippen molar-refractivity contribution in [3.05, 3.63) is 47.9 Å². The number of alkyl halides is 3. The van der Waals surface area contributed by atoms with Gasteiger partial charge in [0.15, 0.2) is 0 Å². The van der Waals surface area contributed by atoms with Crippen LogP contribution in [0.2, 0.25) is 0 Å². The number of aliphatic hydroxyl groups excluding tert-OH is 1. The van der Waals surface area contributed by atoms with Gasteiger partial charge in [-0.25, -0.2) is 0 Å². The smallest absolute Gasteiger partial charge is 0.384 e. The molecule has 0 saturated carbocycles. The molecule has 0 radical (unpaired) electrons. The first-order valence-corrected chi connectivity index (χ1v) is 5.63. The van der Waals surface area contributed by atoms with Gasteiger partial charge < -0.3 is 9.63 Å². The Labute approximate surface area is 112 Å². The van der Waals surface area contributed by atoms with Crippen molar-refractivity contribution in [2.24, 2.45) is 0 Å². The first kappa shape index (κ1) is 14.3. The lowest BCUT2D eigenvalue weighted by molar-refractivity contribution is -0.159. The molecule has 106 valence electrons. The fraction of sp³-hybridized carbons (Fsp3) is 0.231. The highest BCUT2D eigenvalue weighted by Gasteiger charge is 2.38. The Hall–Kier alpha value is -2.15. The van der Waals surface area contributed by atoms with Crippen molar-refractivity contribution in [1.29, 1.82) is 0 Å². The molecule has 0 aliphatic carbocycles. The molecule has 1 aromatic heterocycles. The lowest BCUT2D eigenvalue weighted by Crippen LogP contribution is -2.04. The predicted molar refractivity (Wildman–Crippen MR) is 64.5 cm³/mol. The number of hydrogen-bond donors (Lipinski definition) is 1. The summed E-state index contributed by atoms with van der Waals surface area (Å²) in [5.41, 5.74) is 1.51. The van der Waals surface area contributed by atoms with E-state index in [4.69, 9.17) is 0 Å². The number of hydrogen-bond acceptors (Lipinski definition) is 4. The Morgan fingerprint density at radius 2 is 1.90 bits per heavy atom. The van der Waals surface area contributed by atoms with Crippen LogP contribution in [0.25, 0.3) is 11.4 Å². The summed E-state index contributed by atoms with van der Waals surface area (Å²) < 4.78 is 41.2. The van der Waals surface area contributed by atoms with E-state index in [0.29, 0.717) is 16.7 Å². The molecule has 0 aliphatic heterocycles. The fourth-order valence-corrected chi connectivity index (χ4v) is 1.55. The summed E-state index contributed by atoms with van der Waals surface area (Å²) in [5, 5.41) is 13.0. The van der Waals surface area contributed by atoms with Gasteiger partial charge in [0, 0.05) is 5.56 Å².